The van der Waals surface area contributed by atoms with Gasteiger partial charge in [0.2, 0.25) is 0 Å². The van der Waals surface area contributed by atoms with Gasteiger partial charge in [-0.25, -0.2) is 0 Å². The molecule has 86 valence electrons. The standard InChI is InChI=1S/C15H26/c1-14(2,3)12-10-7-8-11(9-10)13(12)15(4,5)6/h7-8,10-13H,9H2,1-6H3. The van der Waals surface area contributed by atoms with E-state index in [0.29, 0.717) is 10.8 Å². The van der Waals surface area contributed by atoms with Crippen molar-refractivity contribution in [2.24, 2.45) is 34.5 Å². The topological polar surface area (TPSA) is 0 Å². The molecule has 0 aromatic carbocycles. The van der Waals surface area contributed by atoms with Crippen LogP contribution >= 0.6 is 0 Å². The van der Waals surface area contributed by atoms with Crippen molar-refractivity contribution in [2.45, 2.75) is 48.0 Å². The van der Waals surface area contributed by atoms with Gasteiger partial charge in [-0.1, -0.05) is 53.7 Å². The van der Waals surface area contributed by atoms with Crippen LogP contribution in [0.5, 0.6) is 0 Å². The first kappa shape index (κ1) is 11.2. The van der Waals surface area contributed by atoms with Gasteiger partial charge < -0.3 is 0 Å². The fourth-order valence-corrected chi connectivity index (χ4v) is 4.18. The molecule has 0 spiro atoms. The molecule has 0 aliphatic heterocycles. The fraction of sp³-hybridized carbons (Fsp3) is 0.867. The van der Waals surface area contributed by atoms with Crippen molar-refractivity contribution in [3.8, 4) is 0 Å². The van der Waals surface area contributed by atoms with Crippen LogP contribution in [0.4, 0.5) is 0 Å². The van der Waals surface area contributed by atoms with Crippen molar-refractivity contribution in [3.05, 3.63) is 12.2 Å². The second-order valence-corrected chi connectivity index (χ2v) is 7.73. The van der Waals surface area contributed by atoms with Gasteiger partial charge in [0.25, 0.3) is 0 Å². The van der Waals surface area contributed by atoms with Crippen LogP contribution in [0.3, 0.4) is 0 Å². The first-order valence-electron chi connectivity index (χ1n) is 6.39. The Hall–Kier alpha value is -0.260. The summed E-state index contributed by atoms with van der Waals surface area (Å²) in [5.41, 5.74) is 0.921. The van der Waals surface area contributed by atoms with Crippen molar-refractivity contribution >= 4 is 0 Å². The summed E-state index contributed by atoms with van der Waals surface area (Å²) >= 11 is 0. The molecule has 2 rings (SSSR count). The molecule has 2 aliphatic rings. The quantitative estimate of drug-likeness (QED) is 0.511. The van der Waals surface area contributed by atoms with E-state index in [1.165, 1.54) is 6.42 Å². The van der Waals surface area contributed by atoms with Gasteiger partial charge in [-0.15, -0.1) is 0 Å². The summed E-state index contributed by atoms with van der Waals surface area (Å²) in [7, 11) is 0. The molecule has 1 fully saturated rings. The lowest BCUT2D eigenvalue weighted by atomic mass is 9.60. The number of hydrogen-bond donors (Lipinski definition) is 0. The van der Waals surface area contributed by atoms with Crippen LogP contribution in [0.1, 0.15) is 48.0 Å². The van der Waals surface area contributed by atoms with E-state index >= 15 is 0 Å². The number of rotatable bonds is 0. The van der Waals surface area contributed by atoms with Crippen LogP contribution in [0, 0.1) is 34.5 Å². The molecule has 0 N–H and O–H groups in total. The van der Waals surface area contributed by atoms with E-state index in [0.717, 1.165) is 23.7 Å². The van der Waals surface area contributed by atoms with E-state index in [2.05, 4.69) is 53.7 Å². The van der Waals surface area contributed by atoms with Crippen LogP contribution in [0.15, 0.2) is 12.2 Å². The van der Waals surface area contributed by atoms with Gasteiger partial charge in [-0.3, -0.25) is 0 Å². The van der Waals surface area contributed by atoms with E-state index in [-0.39, 0.29) is 0 Å². The number of fused-ring (bicyclic) bond motifs is 2. The highest BCUT2D eigenvalue weighted by Gasteiger charge is 2.52. The van der Waals surface area contributed by atoms with E-state index in [1.807, 2.05) is 0 Å². The predicted molar refractivity (Wildman–Crippen MR) is 66.6 cm³/mol. The Morgan fingerprint density at radius 3 is 1.33 bits per heavy atom. The van der Waals surface area contributed by atoms with Crippen molar-refractivity contribution in [1.29, 1.82) is 0 Å². The monoisotopic (exact) mass is 206 g/mol. The normalized spacial score (nSPS) is 40.1. The highest BCUT2D eigenvalue weighted by molar-refractivity contribution is 5.17. The summed E-state index contributed by atoms with van der Waals surface area (Å²) < 4.78 is 0. The van der Waals surface area contributed by atoms with Crippen LogP contribution in [0.2, 0.25) is 0 Å². The third kappa shape index (κ3) is 1.77. The third-order valence-corrected chi connectivity index (χ3v) is 4.46. The molecule has 4 atom stereocenters. The second-order valence-electron chi connectivity index (χ2n) is 7.73. The van der Waals surface area contributed by atoms with Crippen molar-refractivity contribution in [3.63, 3.8) is 0 Å². The predicted octanol–water partition coefficient (Wildman–Crippen LogP) is 4.52. The SMILES string of the molecule is CC(C)(C)C1C2C=CC(C2)C1C(C)(C)C. The lowest BCUT2D eigenvalue weighted by molar-refractivity contribution is 0.0622. The van der Waals surface area contributed by atoms with Gasteiger partial charge in [-0.2, -0.15) is 0 Å². The minimum absolute atomic E-state index is 0.460. The Morgan fingerprint density at radius 2 is 1.07 bits per heavy atom. The molecular weight excluding hydrogens is 180 g/mol. The molecule has 2 bridgehead atoms. The molecule has 0 heteroatoms. The average molecular weight is 206 g/mol. The van der Waals surface area contributed by atoms with Gasteiger partial charge in [0.1, 0.15) is 0 Å². The Kier molecular flexibility index (Phi) is 2.34. The van der Waals surface area contributed by atoms with Gasteiger partial charge in [0.15, 0.2) is 0 Å². The molecule has 0 radical (unpaired) electrons. The Balaban J connectivity index is 2.33. The molecule has 0 heterocycles. The minimum atomic E-state index is 0.460. The molecule has 0 aromatic rings. The lowest BCUT2D eigenvalue weighted by Crippen LogP contribution is -2.38. The lowest BCUT2D eigenvalue weighted by Gasteiger charge is -2.44. The zero-order valence-electron chi connectivity index (χ0n) is 11.2. The minimum Gasteiger partial charge on any atom is -0.0848 e. The van der Waals surface area contributed by atoms with Gasteiger partial charge in [-0.05, 0) is 40.9 Å². The highest BCUT2D eigenvalue weighted by Crippen LogP contribution is 2.59. The molecule has 0 saturated heterocycles. The average Bonchev–Trinajstić information content (AvgIpc) is 2.56. The largest absolute Gasteiger partial charge is 0.0848 e. The van der Waals surface area contributed by atoms with Crippen LogP contribution in [-0.4, -0.2) is 0 Å². The maximum Gasteiger partial charge on any atom is -0.0191 e. The van der Waals surface area contributed by atoms with Crippen LogP contribution in [-0.2, 0) is 0 Å². The molecule has 4 unspecified atom stereocenters. The Labute approximate surface area is 95.1 Å². The van der Waals surface area contributed by atoms with E-state index in [9.17, 15) is 0 Å². The maximum absolute atomic E-state index is 2.49. The summed E-state index contributed by atoms with van der Waals surface area (Å²) in [6, 6.07) is 0. The Morgan fingerprint density at radius 1 is 0.733 bits per heavy atom. The molecule has 15 heavy (non-hydrogen) atoms. The van der Waals surface area contributed by atoms with E-state index < -0.39 is 0 Å². The molecule has 0 aromatic heterocycles. The fourth-order valence-electron chi connectivity index (χ4n) is 4.18. The maximum atomic E-state index is 2.49. The summed E-state index contributed by atoms with van der Waals surface area (Å²) in [5.74, 6) is 3.48. The summed E-state index contributed by atoms with van der Waals surface area (Å²) in [6.45, 7) is 14.5. The molecule has 2 aliphatic carbocycles. The molecule has 0 nitrogen and oxygen atoms in total. The number of allylic oxidation sites excluding steroid dienone is 2. The summed E-state index contributed by atoms with van der Waals surface area (Å²) in [5, 5.41) is 0. The molecule has 0 amide bonds. The second kappa shape index (κ2) is 3.12. The molecule has 1 saturated carbocycles. The van der Waals surface area contributed by atoms with Crippen molar-refractivity contribution in [2.75, 3.05) is 0 Å². The van der Waals surface area contributed by atoms with Gasteiger partial charge in [0, 0.05) is 0 Å². The first-order chi connectivity index (χ1) is 6.71. The van der Waals surface area contributed by atoms with Gasteiger partial charge in [0.05, 0.1) is 0 Å². The smallest absolute Gasteiger partial charge is 0.0191 e. The highest BCUT2D eigenvalue weighted by atomic mass is 14.6. The Bertz CT molecular complexity index is 243. The summed E-state index contributed by atoms with van der Waals surface area (Å²) in [4.78, 5) is 0. The van der Waals surface area contributed by atoms with Gasteiger partial charge >= 0.3 is 0 Å². The van der Waals surface area contributed by atoms with Crippen LogP contribution < -0.4 is 0 Å². The summed E-state index contributed by atoms with van der Waals surface area (Å²) in [6.07, 6.45) is 6.40. The molecular formula is C15H26. The van der Waals surface area contributed by atoms with Crippen LogP contribution in [0.25, 0.3) is 0 Å². The van der Waals surface area contributed by atoms with Crippen molar-refractivity contribution in [1.82, 2.24) is 0 Å². The zero-order valence-corrected chi connectivity index (χ0v) is 11.2. The van der Waals surface area contributed by atoms with E-state index in [4.69, 9.17) is 0 Å². The first-order valence-corrected chi connectivity index (χ1v) is 6.39. The van der Waals surface area contributed by atoms with E-state index in [1.54, 1.807) is 0 Å². The zero-order chi connectivity index (χ0) is 11.4. The third-order valence-electron chi connectivity index (χ3n) is 4.46. The van der Waals surface area contributed by atoms with Crippen molar-refractivity contribution < 1.29 is 0 Å². The number of hydrogen-bond acceptors (Lipinski definition) is 0.